The highest BCUT2D eigenvalue weighted by atomic mass is 32.2. The van der Waals surface area contributed by atoms with E-state index in [1.54, 1.807) is 36.1 Å². The first kappa shape index (κ1) is 22.9. The second kappa shape index (κ2) is 9.55. The van der Waals surface area contributed by atoms with Gasteiger partial charge in [-0.15, -0.1) is 0 Å². The van der Waals surface area contributed by atoms with Crippen molar-refractivity contribution in [3.8, 4) is 5.75 Å². The van der Waals surface area contributed by atoms with Crippen LogP contribution in [0, 0.1) is 5.92 Å². The van der Waals surface area contributed by atoms with Gasteiger partial charge < -0.3 is 15.2 Å². The number of rotatable bonds is 8. The van der Waals surface area contributed by atoms with Gasteiger partial charge in [-0.25, -0.2) is 9.79 Å². The van der Waals surface area contributed by atoms with Gasteiger partial charge in [0.15, 0.2) is 11.8 Å². The van der Waals surface area contributed by atoms with Crippen LogP contribution in [0.3, 0.4) is 0 Å². The first-order chi connectivity index (χ1) is 14.7. The van der Waals surface area contributed by atoms with Crippen molar-refractivity contribution in [2.75, 3.05) is 13.2 Å². The Labute approximate surface area is 185 Å². The molecule has 166 valence electrons. The van der Waals surface area contributed by atoms with Crippen molar-refractivity contribution >= 4 is 34.7 Å². The standard InChI is InChI=1S/C22H27N3O5S/c1-5-16-20(27)25-19(14-6-8-15(9-7-14)29-11-17(23)26)18(13(4)24-22(25)31-16)21(28)30-10-12(2)3/h6-9,12,16,19H,5,10-11H2,1-4H3,(H2,23,26). The maximum absolute atomic E-state index is 13.1. The van der Waals surface area contributed by atoms with Crippen LogP contribution >= 0.6 is 11.8 Å². The molecule has 9 heteroatoms. The maximum Gasteiger partial charge on any atom is 0.338 e. The lowest BCUT2D eigenvalue weighted by atomic mass is 9.94. The molecule has 31 heavy (non-hydrogen) atoms. The highest BCUT2D eigenvalue weighted by Crippen LogP contribution is 2.44. The first-order valence-electron chi connectivity index (χ1n) is 10.2. The first-order valence-corrected chi connectivity index (χ1v) is 11.1. The summed E-state index contributed by atoms with van der Waals surface area (Å²) in [6, 6.07) is 6.25. The van der Waals surface area contributed by atoms with Gasteiger partial charge in [0.25, 0.3) is 5.91 Å². The number of aliphatic imine (C=N–C) groups is 1. The third kappa shape index (κ3) is 4.92. The molecule has 2 atom stereocenters. The Morgan fingerprint density at radius 1 is 1.26 bits per heavy atom. The van der Waals surface area contributed by atoms with E-state index in [0.717, 1.165) is 5.56 Å². The third-order valence-electron chi connectivity index (χ3n) is 4.87. The summed E-state index contributed by atoms with van der Waals surface area (Å²) >= 11 is 1.42. The van der Waals surface area contributed by atoms with Crippen molar-refractivity contribution in [1.29, 1.82) is 0 Å². The number of benzene rings is 1. The summed E-state index contributed by atoms with van der Waals surface area (Å²) in [6.07, 6.45) is 0.664. The molecular formula is C22H27N3O5S. The van der Waals surface area contributed by atoms with Gasteiger partial charge >= 0.3 is 5.97 Å². The van der Waals surface area contributed by atoms with E-state index in [0.29, 0.717) is 28.6 Å². The number of allylic oxidation sites excluding steroid dienone is 1. The molecule has 1 fully saturated rings. The summed E-state index contributed by atoms with van der Waals surface area (Å²) in [5.74, 6) is -0.486. The normalized spacial score (nSPS) is 20.6. The van der Waals surface area contributed by atoms with Gasteiger partial charge in [-0.3, -0.25) is 14.5 Å². The van der Waals surface area contributed by atoms with Crippen LogP contribution in [0.1, 0.15) is 45.7 Å². The molecule has 8 nitrogen and oxygen atoms in total. The summed E-state index contributed by atoms with van der Waals surface area (Å²) in [4.78, 5) is 43.2. The average Bonchev–Trinajstić information content (AvgIpc) is 3.05. The fourth-order valence-electron chi connectivity index (χ4n) is 3.39. The van der Waals surface area contributed by atoms with Crippen molar-refractivity contribution in [3.05, 3.63) is 41.1 Å². The number of amides is 2. The van der Waals surface area contributed by atoms with Crippen molar-refractivity contribution in [3.63, 3.8) is 0 Å². The van der Waals surface area contributed by atoms with Crippen LogP contribution in [0.25, 0.3) is 0 Å². The lowest BCUT2D eigenvalue weighted by Gasteiger charge is -2.33. The molecule has 0 spiro atoms. The van der Waals surface area contributed by atoms with E-state index >= 15 is 0 Å². The monoisotopic (exact) mass is 445 g/mol. The van der Waals surface area contributed by atoms with Crippen LogP contribution in [-0.4, -0.2) is 46.3 Å². The molecule has 2 unspecified atom stereocenters. The Hall–Kier alpha value is -2.81. The van der Waals surface area contributed by atoms with E-state index in [-0.39, 0.29) is 30.3 Å². The molecule has 2 amide bonds. The van der Waals surface area contributed by atoms with Gasteiger partial charge in [-0.05, 0) is 37.0 Å². The maximum atomic E-state index is 13.1. The molecule has 0 aliphatic carbocycles. The van der Waals surface area contributed by atoms with Crippen molar-refractivity contribution in [2.24, 2.45) is 16.6 Å². The second-order valence-corrected chi connectivity index (χ2v) is 9.01. The predicted molar refractivity (Wildman–Crippen MR) is 118 cm³/mol. The number of hydrogen-bond donors (Lipinski definition) is 1. The Balaban J connectivity index is 1.99. The molecule has 3 rings (SSSR count). The zero-order valence-corrected chi connectivity index (χ0v) is 18.9. The molecule has 0 radical (unpaired) electrons. The van der Waals surface area contributed by atoms with Crippen LogP contribution in [0.5, 0.6) is 5.75 Å². The number of carbonyl (C=O) groups excluding carboxylic acids is 3. The molecule has 1 saturated heterocycles. The highest BCUT2D eigenvalue weighted by Gasteiger charge is 2.47. The Bertz CT molecular complexity index is 939. The summed E-state index contributed by atoms with van der Waals surface area (Å²) in [7, 11) is 0. The van der Waals surface area contributed by atoms with E-state index in [4.69, 9.17) is 15.2 Å². The predicted octanol–water partition coefficient (Wildman–Crippen LogP) is 2.79. The molecule has 2 heterocycles. The van der Waals surface area contributed by atoms with Gasteiger partial charge in [-0.2, -0.15) is 0 Å². The van der Waals surface area contributed by atoms with Crippen molar-refractivity contribution in [2.45, 2.75) is 45.4 Å². The van der Waals surface area contributed by atoms with Gasteiger partial charge in [0.1, 0.15) is 5.75 Å². The van der Waals surface area contributed by atoms with E-state index in [1.165, 1.54) is 11.8 Å². The Morgan fingerprint density at radius 3 is 2.52 bits per heavy atom. The number of thioether (sulfide) groups is 1. The minimum absolute atomic E-state index is 0.0769. The van der Waals surface area contributed by atoms with Crippen LogP contribution in [0.2, 0.25) is 0 Å². The molecule has 2 N–H and O–H groups in total. The smallest absolute Gasteiger partial charge is 0.338 e. The van der Waals surface area contributed by atoms with E-state index in [1.807, 2.05) is 20.8 Å². The topological polar surface area (TPSA) is 111 Å². The van der Waals surface area contributed by atoms with Crippen LogP contribution < -0.4 is 10.5 Å². The molecule has 2 aliphatic rings. The summed E-state index contributed by atoms with van der Waals surface area (Å²) in [6.45, 7) is 7.68. The fraction of sp³-hybridized carbons (Fsp3) is 0.455. The average molecular weight is 446 g/mol. The number of fused-ring (bicyclic) bond motifs is 1. The van der Waals surface area contributed by atoms with Crippen LogP contribution in [0.15, 0.2) is 40.5 Å². The SMILES string of the molecule is CCC1SC2=NC(C)=C(C(=O)OCC(C)C)C(c3ccc(OCC(N)=O)cc3)N2C1=O. The minimum Gasteiger partial charge on any atom is -0.484 e. The van der Waals surface area contributed by atoms with Crippen molar-refractivity contribution in [1.82, 2.24) is 4.90 Å². The Kier molecular flexibility index (Phi) is 7.04. The summed E-state index contributed by atoms with van der Waals surface area (Å²) in [5, 5.41) is 0.354. The van der Waals surface area contributed by atoms with Crippen LogP contribution in [0.4, 0.5) is 0 Å². The zero-order valence-electron chi connectivity index (χ0n) is 18.1. The van der Waals surface area contributed by atoms with E-state index in [2.05, 4.69) is 4.99 Å². The highest BCUT2D eigenvalue weighted by molar-refractivity contribution is 8.15. The van der Waals surface area contributed by atoms with E-state index < -0.39 is 17.9 Å². The van der Waals surface area contributed by atoms with Gasteiger partial charge in [0, 0.05) is 0 Å². The number of nitrogens with zero attached hydrogens (tertiary/aromatic N) is 2. The fourth-order valence-corrected chi connectivity index (χ4v) is 4.52. The van der Waals surface area contributed by atoms with Crippen LogP contribution in [-0.2, 0) is 19.1 Å². The molecule has 1 aromatic rings. The molecular weight excluding hydrogens is 418 g/mol. The van der Waals surface area contributed by atoms with E-state index in [9.17, 15) is 14.4 Å². The largest absolute Gasteiger partial charge is 0.484 e. The zero-order chi connectivity index (χ0) is 22.7. The Morgan fingerprint density at radius 2 is 1.94 bits per heavy atom. The quantitative estimate of drug-likeness (QED) is 0.616. The number of esters is 1. The molecule has 1 aromatic carbocycles. The number of primary amides is 1. The molecule has 0 saturated carbocycles. The van der Waals surface area contributed by atoms with Gasteiger partial charge in [0.2, 0.25) is 5.91 Å². The molecule has 2 aliphatic heterocycles. The lowest BCUT2D eigenvalue weighted by Crippen LogP contribution is -2.41. The minimum atomic E-state index is -0.645. The second-order valence-electron chi connectivity index (χ2n) is 7.84. The number of amidine groups is 1. The van der Waals surface area contributed by atoms with Gasteiger partial charge in [0.05, 0.1) is 29.2 Å². The lowest BCUT2D eigenvalue weighted by molar-refractivity contribution is -0.141. The number of nitrogens with two attached hydrogens (primary N) is 1. The number of ether oxygens (including phenoxy) is 2. The third-order valence-corrected chi connectivity index (χ3v) is 6.19. The van der Waals surface area contributed by atoms with Gasteiger partial charge in [-0.1, -0.05) is 44.7 Å². The number of carbonyl (C=O) groups is 3. The molecule has 0 bridgehead atoms. The number of hydrogen-bond acceptors (Lipinski definition) is 7. The summed E-state index contributed by atoms with van der Waals surface area (Å²) < 4.78 is 10.8. The molecule has 0 aromatic heterocycles. The van der Waals surface area contributed by atoms with Crippen molar-refractivity contribution < 1.29 is 23.9 Å². The summed E-state index contributed by atoms with van der Waals surface area (Å²) in [5.41, 5.74) is 6.73.